The van der Waals surface area contributed by atoms with Crippen molar-refractivity contribution in [3.05, 3.63) is 28.8 Å². The molecule has 0 bridgehead atoms. The number of aliphatic carboxylic acids is 1. The van der Waals surface area contributed by atoms with Crippen LogP contribution in [0.2, 0.25) is 0 Å². The van der Waals surface area contributed by atoms with E-state index in [1.165, 1.54) is 57.8 Å². The van der Waals surface area contributed by atoms with Gasteiger partial charge < -0.3 is 10.2 Å². The zero-order valence-electron chi connectivity index (χ0n) is 22.7. The highest BCUT2D eigenvalue weighted by Crippen LogP contribution is 2.40. The highest BCUT2D eigenvalue weighted by atomic mass is 16.4. The Labute approximate surface area is 204 Å². The molecule has 0 saturated carbocycles. The van der Waals surface area contributed by atoms with E-state index >= 15 is 0 Å². The Balaban J connectivity index is 2.63. The van der Waals surface area contributed by atoms with Crippen molar-refractivity contribution in [2.45, 2.75) is 143 Å². The summed E-state index contributed by atoms with van der Waals surface area (Å²) in [4.78, 5) is 12.0. The summed E-state index contributed by atoms with van der Waals surface area (Å²) in [6.07, 6.45) is 15.3. The number of unbranched alkanes of at least 4 members (excludes halogenated alkanes) is 10. The molecular weight excluding hydrogens is 408 g/mol. The van der Waals surface area contributed by atoms with Gasteiger partial charge in [-0.2, -0.15) is 0 Å². The summed E-state index contributed by atoms with van der Waals surface area (Å²) in [6, 6.07) is 4.06. The lowest BCUT2D eigenvalue weighted by Crippen LogP contribution is -2.20. The number of carboxylic acids is 1. The molecule has 3 nitrogen and oxygen atoms in total. The Bertz CT molecular complexity index is 671. The zero-order chi connectivity index (χ0) is 25.1. The highest BCUT2D eigenvalue weighted by molar-refractivity contribution is 5.70. The SMILES string of the molecule is CCCCCCCCCCCCCC(Cc1cc(C(C)(C)C)c(O)c(C(C)(C)C)c1)C(=O)O. The van der Waals surface area contributed by atoms with Gasteiger partial charge in [-0.1, -0.05) is 131 Å². The number of carbonyl (C=O) groups is 1. The van der Waals surface area contributed by atoms with E-state index in [0.717, 1.165) is 36.0 Å². The third-order valence-corrected chi connectivity index (χ3v) is 6.77. The van der Waals surface area contributed by atoms with Gasteiger partial charge >= 0.3 is 5.97 Å². The van der Waals surface area contributed by atoms with Gasteiger partial charge in [0.05, 0.1) is 5.92 Å². The molecule has 1 rings (SSSR count). The Hall–Kier alpha value is -1.51. The maximum atomic E-state index is 12.0. The number of carboxylic acid groups (broad SMARTS) is 1. The first-order valence-electron chi connectivity index (χ1n) is 13.5. The maximum Gasteiger partial charge on any atom is 0.306 e. The van der Waals surface area contributed by atoms with Crippen LogP contribution >= 0.6 is 0 Å². The van der Waals surface area contributed by atoms with E-state index in [2.05, 4.69) is 48.5 Å². The number of phenolic OH excluding ortho intramolecular Hbond substituents is 1. The zero-order valence-corrected chi connectivity index (χ0v) is 22.7. The summed E-state index contributed by atoms with van der Waals surface area (Å²) in [5.74, 6) is -0.713. The lowest BCUT2D eigenvalue weighted by Gasteiger charge is -2.28. The quantitative estimate of drug-likeness (QED) is 0.257. The van der Waals surface area contributed by atoms with E-state index in [0.29, 0.717) is 12.2 Å². The van der Waals surface area contributed by atoms with Gasteiger partial charge in [0.15, 0.2) is 0 Å². The minimum Gasteiger partial charge on any atom is -0.507 e. The molecule has 0 amide bonds. The third kappa shape index (κ3) is 11.0. The molecule has 2 N–H and O–H groups in total. The molecule has 0 aromatic heterocycles. The fourth-order valence-electron chi connectivity index (χ4n) is 4.61. The molecule has 0 fully saturated rings. The molecule has 0 spiro atoms. The van der Waals surface area contributed by atoms with Crippen molar-refractivity contribution >= 4 is 5.97 Å². The monoisotopic (exact) mass is 460 g/mol. The number of rotatable bonds is 15. The second-order valence-electron chi connectivity index (χ2n) is 12.1. The van der Waals surface area contributed by atoms with Gasteiger partial charge in [0, 0.05) is 0 Å². The summed E-state index contributed by atoms with van der Waals surface area (Å²) in [7, 11) is 0. The van der Waals surface area contributed by atoms with Gasteiger partial charge in [0.2, 0.25) is 0 Å². The van der Waals surface area contributed by atoms with Crippen molar-refractivity contribution in [1.29, 1.82) is 0 Å². The summed E-state index contributed by atoms with van der Waals surface area (Å²) in [5, 5.41) is 20.8. The first-order valence-corrected chi connectivity index (χ1v) is 13.5. The van der Waals surface area contributed by atoms with Crippen LogP contribution < -0.4 is 0 Å². The fourth-order valence-corrected chi connectivity index (χ4v) is 4.61. The molecule has 1 unspecified atom stereocenters. The summed E-state index contributed by atoms with van der Waals surface area (Å²) in [5.41, 5.74) is 2.44. The van der Waals surface area contributed by atoms with Crippen LogP contribution in [0.3, 0.4) is 0 Å². The number of benzene rings is 1. The largest absolute Gasteiger partial charge is 0.507 e. The number of hydrogen-bond donors (Lipinski definition) is 2. The second kappa shape index (κ2) is 14.0. The maximum absolute atomic E-state index is 12.0. The van der Waals surface area contributed by atoms with Crippen molar-refractivity contribution in [3.63, 3.8) is 0 Å². The lowest BCUT2D eigenvalue weighted by atomic mass is 9.77. The highest BCUT2D eigenvalue weighted by Gasteiger charge is 2.28. The van der Waals surface area contributed by atoms with Crippen LogP contribution in [0, 0.1) is 5.92 Å². The molecule has 1 aromatic rings. The van der Waals surface area contributed by atoms with Crippen molar-refractivity contribution in [1.82, 2.24) is 0 Å². The van der Waals surface area contributed by atoms with Gasteiger partial charge in [-0.05, 0) is 40.4 Å². The van der Waals surface area contributed by atoms with Crippen molar-refractivity contribution in [3.8, 4) is 5.75 Å². The predicted molar refractivity (Wildman–Crippen MR) is 141 cm³/mol. The minimum atomic E-state index is -0.704. The molecule has 1 atom stereocenters. The Morgan fingerprint density at radius 3 is 1.52 bits per heavy atom. The van der Waals surface area contributed by atoms with Crippen LogP contribution in [-0.2, 0) is 22.0 Å². The van der Waals surface area contributed by atoms with E-state index in [1.807, 2.05) is 12.1 Å². The van der Waals surface area contributed by atoms with Crippen LogP contribution in [0.1, 0.15) is 142 Å². The standard InChI is InChI=1S/C30H52O3/c1-8-9-10-11-12-13-14-15-16-17-18-19-24(28(32)33)20-23-21-25(29(2,3)4)27(31)26(22-23)30(5,6)7/h21-22,24,31H,8-20H2,1-7H3,(H,32,33). The van der Waals surface area contributed by atoms with E-state index in [9.17, 15) is 15.0 Å². The molecule has 190 valence electrons. The van der Waals surface area contributed by atoms with Gasteiger partial charge in [-0.3, -0.25) is 4.79 Å². The van der Waals surface area contributed by atoms with Crippen molar-refractivity contribution < 1.29 is 15.0 Å². The Kier molecular flexibility index (Phi) is 12.5. The van der Waals surface area contributed by atoms with E-state index < -0.39 is 5.97 Å². The fraction of sp³-hybridized carbons (Fsp3) is 0.767. The first-order chi connectivity index (χ1) is 15.4. The van der Waals surface area contributed by atoms with Crippen LogP contribution in [-0.4, -0.2) is 16.2 Å². The van der Waals surface area contributed by atoms with Crippen molar-refractivity contribution in [2.24, 2.45) is 5.92 Å². The predicted octanol–water partition coefficient (Wildman–Crippen LogP) is 8.93. The van der Waals surface area contributed by atoms with Crippen molar-refractivity contribution in [2.75, 3.05) is 0 Å². The first kappa shape index (κ1) is 29.5. The van der Waals surface area contributed by atoms with E-state index in [4.69, 9.17) is 0 Å². The average Bonchev–Trinajstić information content (AvgIpc) is 2.70. The molecule has 0 radical (unpaired) electrons. The summed E-state index contributed by atoms with van der Waals surface area (Å²) in [6.45, 7) is 14.8. The van der Waals surface area contributed by atoms with Crippen LogP contribution in [0.4, 0.5) is 0 Å². The van der Waals surface area contributed by atoms with Crippen LogP contribution in [0.25, 0.3) is 0 Å². The summed E-state index contributed by atoms with van der Waals surface area (Å²) < 4.78 is 0. The topological polar surface area (TPSA) is 57.5 Å². The second-order valence-corrected chi connectivity index (χ2v) is 12.1. The van der Waals surface area contributed by atoms with Crippen LogP contribution in [0.15, 0.2) is 12.1 Å². The molecule has 0 aliphatic heterocycles. The molecule has 0 saturated heterocycles. The molecule has 3 heteroatoms. The van der Waals surface area contributed by atoms with Crippen LogP contribution in [0.5, 0.6) is 5.75 Å². The third-order valence-electron chi connectivity index (χ3n) is 6.77. The molecule has 33 heavy (non-hydrogen) atoms. The normalized spacial score (nSPS) is 13.3. The molecular formula is C30H52O3. The number of phenols is 1. The average molecular weight is 461 g/mol. The smallest absolute Gasteiger partial charge is 0.306 e. The lowest BCUT2D eigenvalue weighted by molar-refractivity contribution is -0.142. The van der Waals surface area contributed by atoms with Gasteiger partial charge in [-0.25, -0.2) is 0 Å². The molecule has 0 aliphatic carbocycles. The molecule has 0 aliphatic rings. The molecule has 1 aromatic carbocycles. The minimum absolute atomic E-state index is 0.200. The Morgan fingerprint density at radius 1 is 0.758 bits per heavy atom. The number of aromatic hydroxyl groups is 1. The summed E-state index contributed by atoms with van der Waals surface area (Å²) >= 11 is 0. The van der Waals surface area contributed by atoms with Gasteiger partial charge in [0.1, 0.15) is 5.75 Å². The van der Waals surface area contributed by atoms with E-state index in [-0.39, 0.29) is 16.7 Å². The van der Waals surface area contributed by atoms with E-state index in [1.54, 1.807) is 0 Å². The number of hydrogen-bond acceptors (Lipinski definition) is 2. The van der Waals surface area contributed by atoms with Gasteiger partial charge in [-0.15, -0.1) is 0 Å². The Morgan fingerprint density at radius 2 is 1.15 bits per heavy atom. The molecule has 0 heterocycles. The van der Waals surface area contributed by atoms with Gasteiger partial charge in [0.25, 0.3) is 0 Å².